The average molecular weight is 403 g/mol. The number of hydrogen-bond donors (Lipinski definition) is 1. The highest BCUT2D eigenvalue weighted by Gasteiger charge is 2.13. The van der Waals surface area contributed by atoms with E-state index in [2.05, 4.69) is 64.0 Å². The number of fused-ring (bicyclic) bond motifs is 1. The Morgan fingerprint density at radius 2 is 1.96 bits per heavy atom. The summed E-state index contributed by atoms with van der Waals surface area (Å²) in [6.07, 6.45) is 1.66. The Morgan fingerprint density at radius 3 is 2.75 bits per heavy atom. The van der Waals surface area contributed by atoms with E-state index >= 15 is 0 Å². The third kappa shape index (κ3) is 3.73. The van der Waals surface area contributed by atoms with E-state index in [1.165, 1.54) is 16.3 Å². The minimum atomic E-state index is -0.119. The van der Waals surface area contributed by atoms with Crippen LogP contribution in [-0.2, 0) is 6.42 Å². The number of nitrogens with zero attached hydrogens (tertiary/aromatic N) is 1. The van der Waals surface area contributed by atoms with Crippen molar-refractivity contribution >= 4 is 38.5 Å². The number of H-pyrrole nitrogens is 1. The third-order valence-electron chi connectivity index (χ3n) is 4.04. The maximum Gasteiger partial charge on any atom is 0.266 e. The fourth-order valence-electron chi connectivity index (χ4n) is 2.56. The number of hydrogen-bond acceptors (Lipinski definition) is 3. The largest absolute Gasteiger partial charge is 0.300 e. The van der Waals surface area contributed by atoms with Gasteiger partial charge in [0.2, 0.25) is 0 Å². The Hall–Kier alpha value is -1.59. The Kier molecular flexibility index (Phi) is 5.41. The zero-order valence-corrected chi connectivity index (χ0v) is 16.1. The van der Waals surface area contributed by atoms with Crippen molar-refractivity contribution in [2.45, 2.75) is 37.1 Å². The zero-order chi connectivity index (χ0) is 17.1. The number of aromatic amines is 1. The van der Waals surface area contributed by atoms with Crippen molar-refractivity contribution < 1.29 is 0 Å². The van der Waals surface area contributed by atoms with Crippen LogP contribution in [0.25, 0.3) is 10.8 Å². The number of thioether (sulfide) groups is 1. The molecule has 0 aliphatic carbocycles. The molecule has 0 spiro atoms. The molecule has 1 unspecified atom stereocenters. The van der Waals surface area contributed by atoms with Crippen molar-refractivity contribution in [3.63, 3.8) is 0 Å². The van der Waals surface area contributed by atoms with Gasteiger partial charge in [-0.25, -0.2) is 4.98 Å². The molecular formula is C19H19BrN2OS. The third-order valence-corrected chi connectivity index (χ3v) is 6.01. The van der Waals surface area contributed by atoms with Crippen LogP contribution in [0.3, 0.4) is 0 Å². The Labute approximate surface area is 154 Å². The van der Waals surface area contributed by atoms with E-state index in [4.69, 9.17) is 0 Å². The molecule has 1 heterocycles. The Bertz CT molecular complexity index is 917. The second-order valence-corrected chi connectivity index (χ2v) is 8.00. The van der Waals surface area contributed by atoms with Crippen LogP contribution < -0.4 is 5.56 Å². The van der Waals surface area contributed by atoms with Gasteiger partial charge in [0, 0.05) is 11.7 Å². The molecule has 1 atom stereocenters. The average Bonchev–Trinajstić information content (AvgIpc) is 2.59. The molecule has 24 heavy (non-hydrogen) atoms. The van der Waals surface area contributed by atoms with E-state index in [1.54, 1.807) is 11.8 Å². The molecule has 0 radical (unpaired) electrons. The summed E-state index contributed by atoms with van der Waals surface area (Å²) in [6, 6.07) is 14.5. The minimum Gasteiger partial charge on any atom is -0.300 e. The Balaban J connectivity index is 2.01. The summed E-state index contributed by atoms with van der Waals surface area (Å²) in [5, 5.41) is 3.50. The Morgan fingerprint density at radius 1 is 1.21 bits per heavy atom. The van der Waals surface area contributed by atoms with E-state index in [1.807, 2.05) is 18.2 Å². The second kappa shape index (κ2) is 7.53. The molecule has 0 fully saturated rings. The first-order valence-corrected chi connectivity index (χ1v) is 9.67. The van der Waals surface area contributed by atoms with Crippen LogP contribution in [0, 0.1) is 0 Å². The number of rotatable bonds is 5. The van der Waals surface area contributed by atoms with Gasteiger partial charge in [-0.1, -0.05) is 68.1 Å². The van der Waals surface area contributed by atoms with Crippen molar-refractivity contribution in [3.05, 3.63) is 68.5 Å². The predicted octanol–water partition coefficient (Wildman–Crippen LogP) is 5.17. The minimum absolute atomic E-state index is 0.119. The van der Waals surface area contributed by atoms with Crippen molar-refractivity contribution in [2.75, 3.05) is 0 Å². The predicted molar refractivity (Wildman–Crippen MR) is 105 cm³/mol. The van der Waals surface area contributed by atoms with Crippen LogP contribution in [0.5, 0.6) is 0 Å². The van der Waals surface area contributed by atoms with Gasteiger partial charge in [0.1, 0.15) is 4.47 Å². The van der Waals surface area contributed by atoms with Gasteiger partial charge in [0.25, 0.3) is 5.56 Å². The lowest BCUT2D eigenvalue weighted by molar-refractivity contribution is 0.847. The molecule has 124 valence electrons. The normalized spacial score (nSPS) is 12.5. The van der Waals surface area contributed by atoms with Gasteiger partial charge in [-0.05, 0) is 38.7 Å². The number of halogens is 1. The molecule has 2 aromatic carbocycles. The molecule has 0 aliphatic rings. The van der Waals surface area contributed by atoms with Crippen LogP contribution in [0.2, 0.25) is 0 Å². The quantitative estimate of drug-likeness (QED) is 0.472. The van der Waals surface area contributed by atoms with Gasteiger partial charge in [0.05, 0.1) is 5.69 Å². The monoisotopic (exact) mass is 402 g/mol. The van der Waals surface area contributed by atoms with Gasteiger partial charge in [-0.15, -0.1) is 0 Å². The van der Waals surface area contributed by atoms with Crippen LogP contribution in [0.4, 0.5) is 0 Å². The highest BCUT2D eigenvalue weighted by molar-refractivity contribution is 9.10. The lowest BCUT2D eigenvalue weighted by atomic mass is 10.0. The number of nitrogens with one attached hydrogen (secondary N) is 1. The number of aromatic nitrogens is 2. The SMILES string of the molecule is CCC(C)Sc1nc(Cc2cccc3ccccc23)c(Br)c(=O)[nH]1. The van der Waals surface area contributed by atoms with Gasteiger partial charge < -0.3 is 4.98 Å². The molecule has 0 saturated carbocycles. The van der Waals surface area contributed by atoms with Gasteiger partial charge in [-0.3, -0.25) is 4.79 Å². The molecule has 0 saturated heterocycles. The maximum absolute atomic E-state index is 12.2. The van der Waals surface area contributed by atoms with Crippen LogP contribution in [-0.4, -0.2) is 15.2 Å². The van der Waals surface area contributed by atoms with Crippen molar-refractivity contribution in [1.82, 2.24) is 9.97 Å². The summed E-state index contributed by atoms with van der Waals surface area (Å²) in [6.45, 7) is 4.27. The van der Waals surface area contributed by atoms with Crippen LogP contribution in [0.15, 0.2) is 56.9 Å². The van der Waals surface area contributed by atoms with E-state index in [9.17, 15) is 4.79 Å². The van der Waals surface area contributed by atoms with Gasteiger partial charge in [0.15, 0.2) is 5.16 Å². The summed E-state index contributed by atoms with van der Waals surface area (Å²) in [4.78, 5) is 19.8. The first kappa shape index (κ1) is 17.2. The summed E-state index contributed by atoms with van der Waals surface area (Å²) in [7, 11) is 0. The van der Waals surface area contributed by atoms with Gasteiger partial charge in [-0.2, -0.15) is 0 Å². The summed E-state index contributed by atoms with van der Waals surface area (Å²) in [5.41, 5.74) is 1.83. The first-order chi connectivity index (χ1) is 11.6. The lowest BCUT2D eigenvalue weighted by Crippen LogP contribution is -2.14. The molecule has 3 aromatic rings. The summed E-state index contributed by atoms with van der Waals surface area (Å²) >= 11 is 5.01. The molecule has 3 nitrogen and oxygen atoms in total. The molecule has 0 amide bonds. The van der Waals surface area contributed by atoms with Crippen molar-refractivity contribution in [1.29, 1.82) is 0 Å². The zero-order valence-electron chi connectivity index (χ0n) is 13.7. The molecule has 0 bridgehead atoms. The molecule has 5 heteroatoms. The molecule has 0 aliphatic heterocycles. The smallest absolute Gasteiger partial charge is 0.266 e. The highest BCUT2D eigenvalue weighted by Crippen LogP contribution is 2.25. The first-order valence-electron chi connectivity index (χ1n) is 8.00. The van der Waals surface area contributed by atoms with E-state index < -0.39 is 0 Å². The fourth-order valence-corrected chi connectivity index (χ4v) is 3.75. The maximum atomic E-state index is 12.2. The molecular weight excluding hydrogens is 384 g/mol. The highest BCUT2D eigenvalue weighted by atomic mass is 79.9. The lowest BCUT2D eigenvalue weighted by Gasteiger charge is -2.11. The van der Waals surface area contributed by atoms with Crippen molar-refractivity contribution in [3.8, 4) is 0 Å². The van der Waals surface area contributed by atoms with Crippen molar-refractivity contribution in [2.24, 2.45) is 0 Å². The number of benzene rings is 2. The van der Waals surface area contributed by atoms with E-state index in [0.717, 1.165) is 12.1 Å². The summed E-state index contributed by atoms with van der Waals surface area (Å²) in [5.74, 6) is 0. The van der Waals surface area contributed by atoms with Crippen LogP contribution in [0.1, 0.15) is 31.5 Å². The summed E-state index contributed by atoms with van der Waals surface area (Å²) < 4.78 is 0.518. The van der Waals surface area contributed by atoms with E-state index in [-0.39, 0.29) is 5.56 Å². The van der Waals surface area contributed by atoms with E-state index in [0.29, 0.717) is 21.3 Å². The molecule has 1 aromatic heterocycles. The van der Waals surface area contributed by atoms with Crippen LogP contribution >= 0.6 is 27.7 Å². The molecule has 1 N–H and O–H groups in total. The topological polar surface area (TPSA) is 45.8 Å². The standard InChI is InChI=1S/C19H19BrN2OS/c1-3-12(2)24-19-21-16(17(20)18(23)22-19)11-14-9-6-8-13-7-4-5-10-15(13)14/h4-10,12H,3,11H2,1-2H3,(H,21,22,23). The fraction of sp³-hybridized carbons (Fsp3) is 0.263. The molecule has 3 rings (SSSR count). The van der Waals surface area contributed by atoms with Gasteiger partial charge >= 0.3 is 0 Å². The second-order valence-electron chi connectivity index (χ2n) is 5.78.